The fourth-order valence-electron chi connectivity index (χ4n) is 4.08. The number of hydrogen-bond acceptors (Lipinski definition) is 3. The number of hydrogen-bond donors (Lipinski definition) is 1. The van der Waals surface area contributed by atoms with Gasteiger partial charge in [0, 0.05) is 37.9 Å². The molecule has 4 rings (SSSR count). The summed E-state index contributed by atoms with van der Waals surface area (Å²) in [6.07, 6.45) is 9.48. The Kier molecular flexibility index (Phi) is 4.92. The third-order valence-electron chi connectivity index (χ3n) is 5.56. The smallest absolute Gasteiger partial charge is 0.225 e. The summed E-state index contributed by atoms with van der Waals surface area (Å²) in [5.74, 6) is -0.739. The molecule has 1 saturated carbocycles. The molecule has 0 unspecified atom stereocenters. The average Bonchev–Trinajstić information content (AvgIpc) is 3.41. The molecule has 2 aliphatic rings. The number of benzene rings is 1. The van der Waals surface area contributed by atoms with Gasteiger partial charge in [0.1, 0.15) is 5.82 Å². The van der Waals surface area contributed by atoms with Gasteiger partial charge in [-0.3, -0.25) is 9.59 Å². The van der Waals surface area contributed by atoms with Crippen LogP contribution in [0.4, 0.5) is 4.39 Å². The second kappa shape index (κ2) is 7.50. The summed E-state index contributed by atoms with van der Waals surface area (Å²) < 4.78 is 15.9. The largest absolute Gasteiger partial charge is 0.352 e. The summed E-state index contributed by atoms with van der Waals surface area (Å²) in [6.45, 7) is 0.747. The fraction of sp³-hybridized carbons (Fsp3) is 0.450. The maximum Gasteiger partial charge on any atom is 0.225 e. The minimum atomic E-state index is -0.372. The monoisotopic (exact) mass is 370 g/mol. The number of nitrogens with one attached hydrogen (secondary N) is 1. The molecule has 0 radical (unpaired) electrons. The molecule has 2 aromatic rings. The molecule has 27 heavy (non-hydrogen) atoms. The van der Waals surface area contributed by atoms with E-state index in [1.54, 1.807) is 29.1 Å². The lowest BCUT2D eigenvalue weighted by Gasteiger charge is -2.23. The number of aromatic nitrogens is 2. The number of nitrogens with zero attached hydrogens (tertiary/aromatic N) is 3. The minimum Gasteiger partial charge on any atom is -0.352 e. The number of rotatable bonds is 5. The molecule has 1 N–H and O–H groups in total. The minimum absolute atomic E-state index is 0.0813. The molecule has 2 heterocycles. The summed E-state index contributed by atoms with van der Waals surface area (Å²) in [7, 11) is 0. The maximum absolute atomic E-state index is 14.3. The van der Waals surface area contributed by atoms with E-state index in [-0.39, 0.29) is 36.5 Å². The molecule has 2 fully saturated rings. The highest BCUT2D eigenvalue weighted by Gasteiger charge is 2.38. The Bertz CT molecular complexity index is 831. The number of imidazole rings is 1. The number of amides is 2. The third kappa shape index (κ3) is 3.72. The zero-order chi connectivity index (χ0) is 18.8. The van der Waals surface area contributed by atoms with Crippen molar-refractivity contribution in [3.63, 3.8) is 0 Å². The highest BCUT2D eigenvalue weighted by molar-refractivity contribution is 5.89. The van der Waals surface area contributed by atoms with Gasteiger partial charge in [-0.1, -0.05) is 18.9 Å². The summed E-state index contributed by atoms with van der Waals surface area (Å²) in [5.41, 5.74) is 1.10. The lowest BCUT2D eigenvalue weighted by molar-refractivity contribution is -0.130. The Labute approximate surface area is 157 Å². The standard InChI is InChI=1S/C20H23FN4O2/c21-17-9-14(5-6-18(17)24-8-7-22-13-24)11-23-20(27)15-10-19(26)25(12-15)16-3-1-2-4-16/h5-9,13,15-16H,1-4,10-12H2,(H,23,27)/t15-/m0/s1. The van der Waals surface area contributed by atoms with E-state index in [2.05, 4.69) is 10.3 Å². The van der Waals surface area contributed by atoms with Crippen LogP contribution in [0.5, 0.6) is 0 Å². The number of halogens is 1. The van der Waals surface area contributed by atoms with Crippen molar-refractivity contribution < 1.29 is 14.0 Å². The molecular formula is C20H23FN4O2. The molecular weight excluding hydrogens is 347 g/mol. The molecule has 1 aliphatic heterocycles. The van der Waals surface area contributed by atoms with Crippen LogP contribution in [-0.2, 0) is 16.1 Å². The van der Waals surface area contributed by atoms with Crippen molar-refractivity contribution in [3.05, 3.63) is 48.3 Å². The summed E-state index contributed by atoms with van der Waals surface area (Å²) >= 11 is 0. The van der Waals surface area contributed by atoms with Gasteiger partial charge in [0.25, 0.3) is 0 Å². The van der Waals surface area contributed by atoms with Crippen molar-refractivity contribution in [1.82, 2.24) is 19.8 Å². The van der Waals surface area contributed by atoms with Crippen LogP contribution in [-0.4, -0.2) is 38.9 Å². The molecule has 1 aromatic carbocycles. The predicted molar refractivity (Wildman–Crippen MR) is 97.4 cm³/mol. The first-order valence-corrected chi connectivity index (χ1v) is 9.46. The van der Waals surface area contributed by atoms with Crippen LogP contribution >= 0.6 is 0 Å². The third-order valence-corrected chi connectivity index (χ3v) is 5.56. The highest BCUT2D eigenvalue weighted by atomic mass is 19.1. The van der Waals surface area contributed by atoms with Gasteiger partial charge < -0.3 is 14.8 Å². The van der Waals surface area contributed by atoms with Gasteiger partial charge in [-0.25, -0.2) is 9.37 Å². The topological polar surface area (TPSA) is 67.2 Å². The van der Waals surface area contributed by atoms with E-state index in [1.807, 2.05) is 4.90 Å². The first-order valence-electron chi connectivity index (χ1n) is 9.46. The summed E-state index contributed by atoms with van der Waals surface area (Å²) in [5, 5.41) is 2.85. The van der Waals surface area contributed by atoms with Crippen molar-refractivity contribution >= 4 is 11.8 Å². The molecule has 2 amide bonds. The molecule has 1 aliphatic carbocycles. The van der Waals surface area contributed by atoms with Crippen molar-refractivity contribution in [2.45, 2.75) is 44.7 Å². The van der Waals surface area contributed by atoms with E-state index in [4.69, 9.17) is 0 Å². The lowest BCUT2D eigenvalue weighted by atomic mass is 10.1. The molecule has 1 saturated heterocycles. The van der Waals surface area contributed by atoms with E-state index < -0.39 is 0 Å². The van der Waals surface area contributed by atoms with Gasteiger partial charge in [-0.05, 0) is 30.5 Å². The van der Waals surface area contributed by atoms with Crippen LogP contribution in [0.3, 0.4) is 0 Å². The molecule has 0 spiro atoms. The Morgan fingerprint density at radius 1 is 1.30 bits per heavy atom. The summed E-state index contributed by atoms with van der Waals surface area (Å²) in [4.78, 5) is 30.5. The quantitative estimate of drug-likeness (QED) is 0.879. The van der Waals surface area contributed by atoms with Gasteiger partial charge in [0.2, 0.25) is 11.8 Å². The van der Waals surface area contributed by atoms with E-state index >= 15 is 0 Å². The van der Waals surface area contributed by atoms with E-state index in [0.29, 0.717) is 23.8 Å². The van der Waals surface area contributed by atoms with E-state index in [1.165, 1.54) is 12.4 Å². The average molecular weight is 370 g/mol. The lowest BCUT2D eigenvalue weighted by Crippen LogP contribution is -2.36. The van der Waals surface area contributed by atoms with Crippen LogP contribution in [0.25, 0.3) is 5.69 Å². The number of carbonyl (C=O) groups is 2. The van der Waals surface area contributed by atoms with Crippen LogP contribution in [0.1, 0.15) is 37.7 Å². The Balaban J connectivity index is 1.34. The molecule has 7 heteroatoms. The normalized spacial score (nSPS) is 20.4. The Morgan fingerprint density at radius 2 is 2.11 bits per heavy atom. The predicted octanol–water partition coefficient (Wildman–Crippen LogP) is 2.42. The number of carbonyl (C=O) groups excluding carboxylic acids is 2. The SMILES string of the molecule is O=C(NCc1ccc(-n2ccnc2)c(F)c1)[C@H]1CC(=O)N(C2CCCC2)C1. The molecule has 142 valence electrons. The van der Waals surface area contributed by atoms with Crippen LogP contribution in [0.2, 0.25) is 0 Å². The van der Waals surface area contributed by atoms with Crippen molar-refractivity contribution in [1.29, 1.82) is 0 Å². The van der Waals surface area contributed by atoms with Gasteiger partial charge in [-0.15, -0.1) is 0 Å². The highest BCUT2D eigenvalue weighted by Crippen LogP contribution is 2.29. The second-order valence-corrected chi connectivity index (χ2v) is 7.36. The fourth-order valence-corrected chi connectivity index (χ4v) is 4.08. The maximum atomic E-state index is 14.3. The van der Waals surface area contributed by atoms with Gasteiger partial charge in [0.05, 0.1) is 17.9 Å². The van der Waals surface area contributed by atoms with Crippen molar-refractivity contribution in [2.75, 3.05) is 6.54 Å². The van der Waals surface area contributed by atoms with Gasteiger partial charge in [-0.2, -0.15) is 0 Å². The first kappa shape index (κ1) is 17.7. The summed E-state index contributed by atoms with van der Waals surface area (Å²) in [6, 6.07) is 5.17. The number of likely N-dealkylation sites (tertiary alicyclic amines) is 1. The molecule has 1 aromatic heterocycles. The zero-order valence-corrected chi connectivity index (χ0v) is 15.1. The van der Waals surface area contributed by atoms with Crippen LogP contribution in [0.15, 0.2) is 36.9 Å². The van der Waals surface area contributed by atoms with E-state index in [0.717, 1.165) is 25.7 Å². The molecule has 0 bridgehead atoms. The van der Waals surface area contributed by atoms with Crippen molar-refractivity contribution in [2.24, 2.45) is 5.92 Å². The van der Waals surface area contributed by atoms with Gasteiger partial charge >= 0.3 is 0 Å². The Hall–Kier alpha value is -2.70. The van der Waals surface area contributed by atoms with Crippen molar-refractivity contribution in [3.8, 4) is 5.69 Å². The Morgan fingerprint density at radius 3 is 2.81 bits per heavy atom. The van der Waals surface area contributed by atoms with Crippen LogP contribution in [0, 0.1) is 11.7 Å². The molecule has 6 nitrogen and oxygen atoms in total. The second-order valence-electron chi connectivity index (χ2n) is 7.36. The first-order chi connectivity index (χ1) is 13.1. The van der Waals surface area contributed by atoms with Gasteiger partial charge in [0.15, 0.2) is 0 Å². The van der Waals surface area contributed by atoms with E-state index in [9.17, 15) is 14.0 Å². The van der Waals surface area contributed by atoms with Crippen LogP contribution < -0.4 is 5.32 Å². The molecule has 1 atom stereocenters. The zero-order valence-electron chi connectivity index (χ0n) is 15.1.